The molecule has 0 radical (unpaired) electrons. The minimum atomic E-state index is -1.82. The molecular formula is C12H24N2O10. The van der Waals surface area contributed by atoms with Crippen molar-refractivity contribution >= 4 is 5.78 Å². The Bertz CT molecular complexity index is 398. The second-order valence-electron chi connectivity index (χ2n) is 5.33. The van der Waals surface area contributed by atoms with E-state index in [1.165, 1.54) is 0 Å². The van der Waals surface area contributed by atoms with E-state index in [0.29, 0.717) is 0 Å². The van der Waals surface area contributed by atoms with E-state index in [4.69, 9.17) is 25.5 Å². The van der Waals surface area contributed by atoms with Gasteiger partial charge in [0.2, 0.25) is 0 Å². The van der Waals surface area contributed by atoms with Crippen LogP contribution in [0.3, 0.4) is 0 Å². The molecule has 0 aromatic carbocycles. The van der Waals surface area contributed by atoms with Crippen molar-refractivity contribution in [2.45, 2.75) is 49.0 Å². The molecule has 1 heterocycles. The SMILES string of the molecule is NNC[C@H](O)C(=O)[C@H](O[C@@H]1O[C@H](CO)[C@H](O)[C@H](O)[C@H]1O)[C@H](O)CO. The van der Waals surface area contributed by atoms with Crippen molar-refractivity contribution < 1.29 is 50.0 Å². The number of aliphatic hydroxyl groups excluding tert-OH is 7. The highest BCUT2D eigenvalue weighted by molar-refractivity contribution is 5.88. The van der Waals surface area contributed by atoms with Crippen molar-refractivity contribution in [3.8, 4) is 0 Å². The Morgan fingerprint density at radius 2 is 1.79 bits per heavy atom. The molecule has 10 N–H and O–H groups in total. The molecule has 0 aliphatic carbocycles. The maximum Gasteiger partial charge on any atom is 0.194 e. The number of hydrazine groups is 1. The van der Waals surface area contributed by atoms with Crippen LogP contribution >= 0.6 is 0 Å². The molecule has 12 heteroatoms. The molecule has 24 heavy (non-hydrogen) atoms. The molecule has 0 aromatic rings. The van der Waals surface area contributed by atoms with Crippen LogP contribution in [0.2, 0.25) is 0 Å². The summed E-state index contributed by atoms with van der Waals surface area (Å²) in [7, 11) is 0. The molecule has 8 atom stereocenters. The van der Waals surface area contributed by atoms with Crippen molar-refractivity contribution in [1.29, 1.82) is 0 Å². The fraction of sp³-hybridized carbons (Fsp3) is 0.917. The summed E-state index contributed by atoms with van der Waals surface area (Å²) >= 11 is 0. The Balaban J connectivity index is 2.90. The third-order valence-corrected chi connectivity index (χ3v) is 3.59. The van der Waals surface area contributed by atoms with Crippen molar-refractivity contribution in [2.24, 2.45) is 5.84 Å². The second kappa shape index (κ2) is 9.65. The number of Topliss-reactive ketones (excluding diaryl/α,β-unsaturated/α-hetero) is 1. The van der Waals surface area contributed by atoms with Gasteiger partial charge in [0.1, 0.15) is 42.7 Å². The van der Waals surface area contributed by atoms with Crippen molar-refractivity contribution in [2.75, 3.05) is 19.8 Å². The van der Waals surface area contributed by atoms with Gasteiger partial charge in [0, 0.05) is 6.54 Å². The van der Waals surface area contributed by atoms with E-state index in [0.717, 1.165) is 0 Å². The van der Waals surface area contributed by atoms with Crippen molar-refractivity contribution in [3.05, 3.63) is 0 Å². The monoisotopic (exact) mass is 356 g/mol. The lowest BCUT2D eigenvalue weighted by atomic mass is 9.99. The van der Waals surface area contributed by atoms with Crippen molar-refractivity contribution in [3.63, 3.8) is 0 Å². The Morgan fingerprint density at radius 3 is 2.29 bits per heavy atom. The average Bonchev–Trinajstić information content (AvgIpc) is 2.58. The first-order chi connectivity index (χ1) is 11.3. The molecule has 1 aliphatic rings. The fourth-order valence-corrected chi connectivity index (χ4v) is 2.17. The zero-order valence-electron chi connectivity index (χ0n) is 12.7. The summed E-state index contributed by atoms with van der Waals surface area (Å²) in [6, 6.07) is 0. The third-order valence-electron chi connectivity index (χ3n) is 3.59. The highest BCUT2D eigenvalue weighted by Crippen LogP contribution is 2.24. The number of carbonyl (C=O) groups is 1. The van der Waals surface area contributed by atoms with Gasteiger partial charge in [-0.25, -0.2) is 0 Å². The molecule has 142 valence electrons. The van der Waals surface area contributed by atoms with Crippen LogP contribution in [0.5, 0.6) is 0 Å². The number of carbonyl (C=O) groups excluding carboxylic acids is 1. The zero-order chi connectivity index (χ0) is 18.4. The smallest absolute Gasteiger partial charge is 0.194 e. The van der Waals surface area contributed by atoms with E-state index < -0.39 is 68.0 Å². The number of nitrogens with one attached hydrogen (secondary N) is 1. The number of aliphatic hydroxyl groups is 7. The highest BCUT2D eigenvalue weighted by atomic mass is 16.7. The second-order valence-corrected chi connectivity index (χ2v) is 5.33. The van der Waals surface area contributed by atoms with E-state index in [2.05, 4.69) is 0 Å². The number of rotatable bonds is 9. The topological polar surface area (TPSA) is 215 Å². The summed E-state index contributed by atoms with van der Waals surface area (Å²) in [6.07, 6.45) is -13.5. The van der Waals surface area contributed by atoms with Gasteiger partial charge in [-0.15, -0.1) is 0 Å². The Hall–Kier alpha value is -0.770. The van der Waals surface area contributed by atoms with Crippen LogP contribution in [-0.2, 0) is 14.3 Å². The molecule has 0 bridgehead atoms. The molecular weight excluding hydrogens is 332 g/mol. The van der Waals surface area contributed by atoms with Crippen LogP contribution in [0, 0.1) is 0 Å². The summed E-state index contributed by atoms with van der Waals surface area (Å²) in [4.78, 5) is 12.1. The molecule has 0 aromatic heterocycles. The number of ether oxygens (including phenoxy) is 2. The van der Waals surface area contributed by atoms with Gasteiger partial charge >= 0.3 is 0 Å². The predicted molar refractivity (Wildman–Crippen MR) is 74.9 cm³/mol. The quantitative estimate of drug-likeness (QED) is 0.139. The van der Waals surface area contributed by atoms with Gasteiger partial charge in [-0.05, 0) is 0 Å². The molecule has 1 rings (SSSR count). The molecule has 1 aliphatic heterocycles. The first-order valence-corrected chi connectivity index (χ1v) is 7.18. The van der Waals surface area contributed by atoms with E-state index in [1.54, 1.807) is 0 Å². The standard InChI is InChI=1S/C12H24N2O10/c13-14-1-4(17)7(19)11(5(18)2-15)24-12-10(22)9(21)8(20)6(3-16)23-12/h4-6,8-12,14-18,20-22H,1-3,13H2/t4-,5+,6+,8-,9-,10+,11+,12-/m0/s1. The molecule has 0 unspecified atom stereocenters. The van der Waals surface area contributed by atoms with Gasteiger partial charge < -0.3 is 45.2 Å². The minimum Gasteiger partial charge on any atom is -0.394 e. The van der Waals surface area contributed by atoms with Crippen LogP contribution in [0.4, 0.5) is 0 Å². The van der Waals surface area contributed by atoms with Gasteiger partial charge in [-0.3, -0.25) is 16.1 Å². The van der Waals surface area contributed by atoms with E-state index in [-0.39, 0.29) is 6.54 Å². The molecule has 1 fully saturated rings. The first-order valence-electron chi connectivity index (χ1n) is 7.18. The van der Waals surface area contributed by atoms with Gasteiger partial charge in [0.25, 0.3) is 0 Å². The Kier molecular flexibility index (Phi) is 8.55. The normalized spacial score (nSPS) is 34.6. The van der Waals surface area contributed by atoms with Gasteiger partial charge in [-0.1, -0.05) is 0 Å². The summed E-state index contributed by atoms with van der Waals surface area (Å²) < 4.78 is 10.1. The lowest BCUT2D eigenvalue weighted by molar-refractivity contribution is -0.314. The lowest BCUT2D eigenvalue weighted by Crippen LogP contribution is -2.61. The third kappa shape index (κ3) is 4.87. The maximum atomic E-state index is 12.1. The van der Waals surface area contributed by atoms with Crippen LogP contribution < -0.4 is 11.3 Å². The van der Waals surface area contributed by atoms with Crippen LogP contribution in [0.15, 0.2) is 0 Å². The van der Waals surface area contributed by atoms with E-state index in [1.807, 2.05) is 5.43 Å². The summed E-state index contributed by atoms with van der Waals surface area (Å²) in [5.74, 6) is 3.92. The minimum absolute atomic E-state index is 0.370. The maximum absolute atomic E-state index is 12.1. The number of ketones is 1. The number of nitrogens with two attached hydrogens (primary N) is 1. The fourth-order valence-electron chi connectivity index (χ4n) is 2.17. The highest BCUT2D eigenvalue weighted by Gasteiger charge is 2.46. The van der Waals surface area contributed by atoms with Crippen LogP contribution in [0.25, 0.3) is 0 Å². The number of hydrogen-bond donors (Lipinski definition) is 9. The average molecular weight is 356 g/mol. The molecule has 0 saturated carbocycles. The van der Waals surface area contributed by atoms with Gasteiger partial charge in [0.15, 0.2) is 12.1 Å². The van der Waals surface area contributed by atoms with Crippen LogP contribution in [0.1, 0.15) is 0 Å². The van der Waals surface area contributed by atoms with E-state index >= 15 is 0 Å². The summed E-state index contributed by atoms with van der Waals surface area (Å²) in [5, 5.41) is 66.6. The first kappa shape index (κ1) is 21.3. The number of hydrogen-bond acceptors (Lipinski definition) is 12. The Morgan fingerprint density at radius 1 is 1.17 bits per heavy atom. The van der Waals surface area contributed by atoms with Crippen LogP contribution in [-0.4, -0.2) is 110 Å². The Labute approximate surface area is 137 Å². The summed E-state index contributed by atoms with van der Waals surface area (Å²) in [6.45, 7) is -1.99. The molecule has 12 nitrogen and oxygen atoms in total. The predicted octanol–water partition coefficient (Wildman–Crippen LogP) is -6.08. The zero-order valence-corrected chi connectivity index (χ0v) is 12.7. The van der Waals surface area contributed by atoms with Gasteiger partial charge in [0.05, 0.1) is 13.2 Å². The summed E-state index contributed by atoms with van der Waals surface area (Å²) in [5.41, 5.74) is 2.04. The van der Waals surface area contributed by atoms with Gasteiger partial charge in [-0.2, -0.15) is 0 Å². The molecule has 1 saturated heterocycles. The van der Waals surface area contributed by atoms with E-state index in [9.17, 15) is 30.3 Å². The largest absolute Gasteiger partial charge is 0.394 e. The van der Waals surface area contributed by atoms with Crippen molar-refractivity contribution in [1.82, 2.24) is 5.43 Å². The lowest BCUT2D eigenvalue weighted by Gasteiger charge is -2.41. The molecule has 0 spiro atoms. The molecule has 0 amide bonds.